The minimum Gasteiger partial charge on any atom is -0.179 e. The van der Waals surface area contributed by atoms with Crippen molar-refractivity contribution in [1.82, 2.24) is 0 Å². The molecule has 0 rings (SSSR count). The van der Waals surface area contributed by atoms with E-state index in [1.165, 1.54) is 34.5 Å². The largest absolute Gasteiger partial charge is 0.179 e. The molecule has 0 bridgehead atoms. The predicted octanol–water partition coefficient (Wildman–Crippen LogP) is 5.11. The van der Waals surface area contributed by atoms with E-state index in [0.29, 0.717) is 10.5 Å². The predicted molar refractivity (Wildman–Crippen MR) is 140 cm³/mol. The van der Waals surface area contributed by atoms with Crippen LogP contribution in [0, 0.1) is 0 Å². The van der Waals surface area contributed by atoms with Crippen LogP contribution in [0.25, 0.3) is 0 Å². The first kappa shape index (κ1) is 26.1. The summed E-state index contributed by atoms with van der Waals surface area (Å²) in [6.07, 6.45) is 0. The molecule has 0 nitrogen and oxygen atoms in total. The minimum atomic E-state index is 0.677. The lowest BCUT2D eigenvalue weighted by Crippen LogP contribution is -2.15. The monoisotopic (exact) mass is 486 g/mol. The molecule has 0 aromatic heterocycles. The summed E-state index contributed by atoms with van der Waals surface area (Å²) in [5, 5.41) is 1.35. The standard InChI is InChI=1S/C14H30S9/c15-1-3-19-5-7-22-13(9-17)11-21-12-14(10-18)23-8-6-20-4-2-16/h13-18H,1-12H2. The van der Waals surface area contributed by atoms with Crippen molar-refractivity contribution in [3.05, 3.63) is 0 Å². The minimum absolute atomic E-state index is 0.677. The summed E-state index contributed by atoms with van der Waals surface area (Å²) in [7, 11) is 0. The Labute approximate surface area is 187 Å². The Kier molecular flexibility index (Phi) is 24.4. The van der Waals surface area contributed by atoms with Gasteiger partial charge in [-0.3, -0.25) is 0 Å². The average molecular weight is 487 g/mol. The molecule has 23 heavy (non-hydrogen) atoms. The zero-order valence-corrected chi connectivity index (χ0v) is 21.1. The van der Waals surface area contributed by atoms with Crippen LogP contribution in [0.5, 0.6) is 0 Å². The number of hydrogen-bond donors (Lipinski definition) is 4. The molecule has 0 aliphatic carbocycles. The summed E-state index contributed by atoms with van der Waals surface area (Å²) < 4.78 is 0. The van der Waals surface area contributed by atoms with Gasteiger partial charge in [0.2, 0.25) is 0 Å². The first-order chi connectivity index (χ1) is 11.3. The molecular weight excluding hydrogens is 457 g/mol. The first-order valence-corrected chi connectivity index (χ1v) is 15.8. The highest BCUT2D eigenvalue weighted by Gasteiger charge is 2.11. The number of thiol groups is 4. The Hall–Kier alpha value is 3.15. The van der Waals surface area contributed by atoms with Crippen molar-refractivity contribution in [1.29, 1.82) is 0 Å². The van der Waals surface area contributed by atoms with Crippen molar-refractivity contribution in [2.24, 2.45) is 0 Å². The van der Waals surface area contributed by atoms with Gasteiger partial charge in [0.1, 0.15) is 0 Å². The fourth-order valence-corrected chi connectivity index (χ4v) is 9.03. The zero-order chi connectivity index (χ0) is 17.2. The number of rotatable bonds is 18. The third-order valence-corrected chi connectivity index (χ3v) is 11.8. The molecule has 0 aromatic rings. The Bertz CT molecular complexity index is 208. The second-order valence-corrected chi connectivity index (χ2v) is 12.5. The second kappa shape index (κ2) is 21.5. The second-order valence-electron chi connectivity index (χ2n) is 4.56. The highest BCUT2D eigenvalue weighted by Crippen LogP contribution is 2.24. The highest BCUT2D eigenvalue weighted by atomic mass is 32.2. The lowest BCUT2D eigenvalue weighted by molar-refractivity contribution is 1.12. The quantitative estimate of drug-likeness (QED) is 0.156. The van der Waals surface area contributed by atoms with E-state index in [0.717, 1.165) is 34.5 Å². The van der Waals surface area contributed by atoms with E-state index in [1.54, 1.807) is 0 Å². The van der Waals surface area contributed by atoms with Crippen LogP contribution in [0.4, 0.5) is 0 Å². The third kappa shape index (κ3) is 18.3. The fourth-order valence-electron chi connectivity index (χ4n) is 1.52. The van der Waals surface area contributed by atoms with Crippen molar-refractivity contribution >= 4 is 109 Å². The van der Waals surface area contributed by atoms with Crippen molar-refractivity contribution in [3.63, 3.8) is 0 Å². The van der Waals surface area contributed by atoms with E-state index in [4.69, 9.17) is 0 Å². The van der Waals surface area contributed by atoms with E-state index >= 15 is 0 Å². The molecule has 2 atom stereocenters. The molecule has 0 amide bonds. The van der Waals surface area contributed by atoms with Crippen LogP contribution in [-0.4, -0.2) is 79.5 Å². The SMILES string of the molecule is SCCSCCSC(CS)CSCC(CS)SCCSCCS. The first-order valence-electron chi connectivity index (χ1n) is 7.68. The molecule has 0 aliphatic heterocycles. The van der Waals surface area contributed by atoms with E-state index in [2.05, 4.69) is 85.8 Å². The maximum absolute atomic E-state index is 4.51. The molecule has 0 saturated heterocycles. The van der Waals surface area contributed by atoms with Crippen LogP contribution < -0.4 is 0 Å². The Morgan fingerprint density at radius 3 is 1.30 bits per heavy atom. The molecule has 0 aliphatic rings. The van der Waals surface area contributed by atoms with Crippen molar-refractivity contribution in [2.75, 3.05) is 69.0 Å². The fraction of sp³-hybridized carbons (Fsp3) is 1.00. The van der Waals surface area contributed by atoms with E-state index in [1.807, 2.05) is 23.5 Å². The molecule has 0 saturated carbocycles. The third-order valence-electron chi connectivity index (χ3n) is 2.65. The molecule has 0 heterocycles. The average Bonchev–Trinajstić information content (AvgIpc) is 2.58. The Balaban J connectivity index is 3.63. The molecule has 0 radical (unpaired) electrons. The van der Waals surface area contributed by atoms with Crippen LogP contribution in [0.3, 0.4) is 0 Å². The van der Waals surface area contributed by atoms with Crippen molar-refractivity contribution in [2.45, 2.75) is 10.5 Å². The van der Waals surface area contributed by atoms with Crippen LogP contribution >= 0.6 is 109 Å². The van der Waals surface area contributed by atoms with Gasteiger partial charge in [-0.1, -0.05) is 0 Å². The number of hydrogen-bond acceptors (Lipinski definition) is 9. The van der Waals surface area contributed by atoms with Gasteiger partial charge in [-0.25, -0.2) is 0 Å². The molecule has 9 heteroatoms. The molecule has 0 fully saturated rings. The smallest absolute Gasteiger partial charge is 0.0226 e. The summed E-state index contributed by atoms with van der Waals surface area (Å²) in [5.41, 5.74) is 0. The van der Waals surface area contributed by atoms with Gasteiger partial charge in [-0.05, 0) is 11.5 Å². The molecule has 140 valence electrons. The lowest BCUT2D eigenvalue weighted by atomic mass is 10.5. The highest BCUT2D eigenvalue weighted by molar-refractivity contribution is 8.07. The van der Waals surface area contributed by atoms with E-state index in [-0.39, 0.29) is 0 Å². The summed E-state index contributed by atoms with van der Waals surface area (Å²) >= 11 is 27.7. The van der Waals surface area contributed by atoms with Gasteiger partial charge < -0.3 is 0 Å². The van der Waals surface area contributed by atoms with Gasteiger partial charge in [-0.15, -0.1) is 0 Å². The van der Waals surface area contributed by atoms with E-state index in [9.17, 15) is 0 Å². The van der Waals surface area contributed by atoms with Gasteiger partial charge in [0.05, 0.1) is 0 Å². The van der Waals surface area contributed by atoms with Crippen LogP contribution in [0.1, 0.15) is 0 Å². The molecule has 0 aromatic carbocycles. The number of thioether (sulfide) groups is 5. The summed E-state index contributed by atoms with van der Waals surface area (Å²) in [6.45, 7) is 0. The maximum Gasteiger partial charge on any atom is 0.0226 e. The van der Waals surface area contributed by atoms with E-state index < -0.39 is 0 Å². The maximum atomic E-state index is 4.51. The van der Waals surface area contributed by atoms with Gasteiger partial charge in [0, 0.05) is 68.0 Å². The van der Waals surface area contributed by atoms with Gasteiger partial charge in [0.15, 0.2) is 0 Å². The Morgan fingerprint density at radius 1 is 0.522 bits per heavy atom. The van der Waals surface area contributed by atoms with Gasteiger partial charge in [0.25, 0.3) is 0 Å². The molecule has 0 N–H and O–H groups in total. The van der Waals surface area contributed by atoms with Gasteiger partial charge in [-0.2, -0.15) is 109 Å². The van der Waals surface area contributed by atoms with Gasteiger partial charge >= 0.3 is 0 Å². The van der Waals surface area contributed by atoms with Crippen molar-refractivity contribution in [3.8, 4) is 0 Å². The Morgan fingerprint density at radius 2 is 0.957 bits per heavy atom. The van der Waals surface area contributed by atoms with Crippen LogP contribution in [0.2, 0.25) is 0 Å². The van der Waals surface area contributed by atoms with Crippen LogP contribution in [0.15, 0.2) is 0 Å². The normalized spacial score (nSPS) is 14.1. The lowest BCUT2D eigenvalue weighted by Gasteiger charge is -2.17. The topological polar surface area (TPSA) is 0 Å². The summed E-state index contributed by atoms with van der Waals surface area (Å²) in [6, 6.07) is 0. The van der Waals surface area contributed by atoms with Crippen molar-refractivity contribution < 1.29 is 0 Å². The zero-order valence-electron chi connectivity index (χ0n) is 13.5. The molecule has 0 spiro atoms. The van der Waals surface area contributed by atoms with Crippen LogP contribution in [-0.2, 0) is 0 Å². The molecule has 2 unspecified atom stereocenters. The summed E-state index contributed by atoms with van der Waals surface area (Å²) in [5.74, 6) is 13.6. The summed E-state index contributed by atoms with van der Waals surface area (Å²) in [4.78, 5) is 0. The molecular formula is C14H30S9.